The highest BCUT2D eigenvalue weighted by molar-refractivity contribution is 6.01. The predicted molar refractivity (Wildman–Crippen MR) is 225 cm³/mol. The maximum absolute atomic E-state index is 6.69. The largest absolute Gasteiger partial charge is 0.319 e. The van der Waals surface area contributed by atoms with E-state index in [1.54, 1.807) is 12.4 Å². The molecule has 5 aromatic rings. The number of hydrogen-bond donors (Lipinski definition) is 1. The molecule has 3 heterocycles. The molecule has 1 unspecified atom stereocenters. The van der Waals surface area contributed by atoms with Crippen molar-refractivity contribution in [1.29, 1.82) is 0 Å². The van der Waals surface area contributed by atoms with Gasteiger partial charge < -0.3 is 5.73 Å². The van der Waals surface area contributed by atoms with Crippen LogP contribution in [0.3, 0.4) is 0 Å². The Bertz CT molecular complexity index is 2240. The Morgan fingerprint density at radius 1 is 0.852 bits per heavy atom. The van der Waals surface area contributed by atoms with Gasteiger partial charge in [0.25, 0.3) is 0 Å². The Kier molecular flexibility index (Phi) is 12.3. The highest BCUT2D eigenvalue weighted by Gasteiger charge is 2.23. The molecule has 0 bridgehead atoms. The van der Waals surface area contributed by atoms with Gasteiger partial charge in [-0.3, -0.25) is 15.0 Å². The number of pyridine rings is 2. The van der Waals surface area contributed by atoms with Crippen LogP contribution in [0.25, 0.3) is 28.2 Å². The van der Waals surface area contributed by atoms with Crippen molar-refractivity contribution in [3.63, 3.8) is 0 Å². The number of hydrogen-bond acceptors (Lipinski definition) is 6. The number of rotatable bonds is 13. The summed E-state index contributed by atoms with van der Waals surface area (Å²) in [5.74, 6) is 0.709. The minimum atomic E-state index is -0.429. The molecule has 6 rings (SSSR count). The number of aliphatic imine (C=N–C) groups is 1. The molecule has 6 nitrogen and oxygen atoms in total. The standard InChI is InChI=1S/C48H48N6/c1-6-35(44(32-40(49)42-22-14-16-30-50-42)52-41(7-2)36-18-10-8-11-19-36)25-24-34(3)48(4,5)39-28-26-37(27-29-39)45-33-46(43-23-15-17-31-51-43)54-47(53-45)38-20-12-9-13-21-38/h6,8,10-12,14-33,40H,3,7,9,13,49H2,1-2,4-5H3/b25-24-,35-6+,44-32-,52-41?. The van der Waals surface area contributed by atoms with Crippen LogP contribution in [0, 0.1) is 0 Å². The van der Waals surface area contributed by atoms with E-state index in [4.69, 9.17) is 20.7 Å². The van der Waals surface area contributed by atoms with E-state index in [-0.39, 0.29) is 5.41 Å². The summed E-state index contributed by atoms with van der Waals surface area (Å²) in [5.41, 5.74) is 17.5. The maximum Gasteiger partial charge on any atom is 0.160 e. The fraction of sp³-hybridized carbons (Fsp3) is 0.188. The van der Waals surface area contributed by atoms with E-state index in [0.717, 1.165) is 86.9 Å². The van der Waals surface area contributed by atoms with Gasteiger partial charge in [0.1, 0.15) is 0 Å². The van der Waals surface area contributed by atoms with Gasteiger partial charge in [-0.15, -0.1) is 0 Å². The van der Waals surface area contributed by atoms with Gasteiger partial charge in [0.2, 0.25) is 0 Å². The van der Waals surface area contributed by atoms with Gasteiger partial charge in [-0.2, -0.15) is 0 Å². The second-order valence-electron chi connectivity index (χ2n) is 13.7. The molecule has 2 aromatic carbocycles. The molecule has 0 amide bonds. The van der Waals surface area contributed by atoms with Crippen LogP contribution in [-0.4, -0.2) is 25.6 Å². The topological polar surface area (TPSA) is 89.9 Å². The average Bonchev–Trinajstić information content (AvgIpc) is 3.23. The summed E-state index contributed by atoms with van der Waals surface area (Å²) in [6.45, 7) is 13.1. The second kappa shape index (κ2) is 17.6. The molecule has 2 N–H and O–H groups in total. The zero-order valence-corrected chi connectivity index (χ0v) is 31.7. The van der Waals surface area contributed by atoms with Crippen LogP contribution in [0.2, 0.25) is 0 Å². The Balaban J connectivity index is 1.28. The molecule has 3 aromatic heterocycles. The molecule has 0 radical (unpaired) electrons. The van der Waals surface area contributed by atoms with Crippen LogP contribution in [0.1, 0.15) is 75.6 Å². The molecule has 0 saturated carbocycles. The molecule has 0 saturated heterocycles. The molecule has 1 atom stereocenters. The molecule has 1 aliphatic carbocycles. The van der Waals surface area contributed by atoms with Crippen molar-refractivity contribution in [2.45, 2.75) is 58.4 Å². The van der Waals surface area contributed by atoms with Crippen LogP contribution in [0.15, 0.2) is 180 Å². The van der Waals surface area contributed by atoms with Crippen molar-refractivity contribution < 1.29 is 0 Å². The highest BCUT2D eigenvalue weighted by atomic mass is 14.9. The van der Waals surface area contributed by atoms with Crippen LogP contribution in [0.4, 0.5) is 0 Å². The van der Waals surface area contributed by atoms with Crippen LogP contribution in [-0.2, 0) is 5.41 Å². The molecule has 0 aliphatic heterocycles. The van der Waals surface area contributed by atoms with Gasteiger partial charge in [0, 0.05) is 34.7 Å². The SMILES string of the molecule is C=C(\C=C/C(=C\C)C(=C/C(N)c1ccccn1)/N=C(CC)c1ccccc1)C(C)(C)c1ccc(-c2cc(-c3ccccn3)nc(C3=CCCC=C3)n2)cc1. The lowest BCUT2D eigenvalue weighted by Crippen LogP contribution is -2.18. The van der Waals surface area contributed by atoms with Crippen molar-refractivity contribution in [2.75, 3.05) is 0 Å². The maximum atomic E-state index is 6.69. The van der Waals surface area contributed by atoms with Gasteiger partial charge in [-0.05, 0) is 84.9 Å². The molecule has 54 heavy (non-hydrogen) atoms. The first-order valence-electron chi connectivity index (χ1n) is 18.6. The van der Waals surface area contributed by atoms with Gasteiger partial charge in [0.05, 0.1) is 34.5 Å². The Morgan fingerprint density at radius 3 is 2.22 bits per heavy atom. The average molecular weight is 709 g/mol. The first kappa shape index (κ1) is 37.6. The Hall–Kier alpha value is -6.11. The smallest absolute Gasteiger partial charge is 0.160 e. The summed E-state index contributed by atoms with van der Waals surface area (Å²) in [6, 6.07) is 32.1. The summed E-state index contributed by atoms with van der Waals surface area (Å²) in [5, 5.41) is 0. The van der Waals surface area contributed by atoms with Crippen molar-refractivity contribution in [1.82, 2.24) is 19.9 Å². The quantitative estimate of drug-likeness (QED) is 0.0971. The number of allylic oxidation sites excluding steroid dienone is 8. The summed E-state index contributed by atoms with van der Waals surface area (Å²) in [7, 11) is 0. The molecule has 6 heteroatoms. The van der Waals surface area contributed by atoms with E-state index in [1.165, 1.54) is 0 Å². The summed E-state index contributed by atoms with van der Waals surface area (Å²) in [4.78, 5) is 24.2. The number of benzene rings is 2. The monoisotopic (exact) mass is 708 g/mol. The Labute approximate surface area is 320 Å². The zero-order valence-electron chi connectivity index (χ0n) is 31.7. The van der Waals surface area contributed by atoms with Gasteiger partial charge in [-0.25, -0.2) is 9.97 Å². The van der Waals surface area contributed by atoms with Crippen molar-refractivity contribution in [3.05, 3.63) is 198 Å². The third kappa shape index (κ3) is 9.08. The number of nitrogens with zero attached hydrogens (tertiary/aromatic N) is 5. The normalized spacial score (nSPS) is 14.6. The summed E-state index contributed by atoms with van der Waals surface area (Å²) < 4.78 is 0. The van der Waals surface area contributed by atoms with Crippen LogP contribution >= 0.6 is 0 Å². The number of nitrogens with two attached hydrogens (primary N) is 1. The van der Waals surface area contributed by atoms with Crippen molar-refractivity contribution in [2.24, 2.45) is 10.7 Å². The lowest BCUT2D eigenvalue weighted by Gasteiger charge is -2.26. The fourth-order valence-electron chi connectivity index (χ4n) is 6.27. The van der Waals surface area contributed by atoms with E-state index in [9.17, 15) is 0 Å². The summed E-state index contributed by atoms with van der Waals surface area (Å²) in [6.07, 6.45) is 21.1. The molecular weight excluding hydrogens is 661 g/mol. The van der Waals surface area contributed by atoms with E-state index in [1.807, 2.05) is 73.7 Å². The fourth-order valence-corrected chi connectivity index (χ4v) is 6.27. The molecule has 0 spiro atoms. The third-order valence-corrected chi connectivity index (χ3v) is 9.75. The number of aromatic nitrogens is 4. The highest BCUT2D eigenvalue weighted by Crippen LogP contribution is 2.34. The summed E-state index contributed by atoms with van der Waals surface area (Å²) >= 11 is 0. The molecule has 1 aliphatic rings. The minimum Gasteiger partial charge on any atom is -0.319 e. The van der Waals surface area contributed by atoms with E-state index in [2.05, 4.69) is 110 Å². The molecule has 0 fully saturated rings. The van der Waals surface area contributed by atoms with Gasteiger partial charge >= 0.3 is 0 Å². The van der Waals surface area contributed by atoms with E-state index >= 15 is 0 Å². The van der Waals surface area contributed by atoms with Crippen molar-refractivity contribution >= 4 is 11.3 Å². The molecular formula is C48H48N6. The van der Waals surface area contributed by atoms with Crippen LogP contribution in [0.5, 0.6) is 0 Å². The van der Waals surface area contributed by atoms with Crippen molar-refractivity contribution in [3.8, 4) is 22.6 Å². The lowest BCUT2D eigenvalue weighted by atomic mass is 9.77. The Morgan fingerprint density at radius 2 is 1.57 bits per heavy atom. The first-order chi connectivity index (χ1) is 26.3. The second-order valence-corrected chi connectivity index (χ2v) is 13.7. The lowest BCUT2D eigenvalue weighted by molar-refractivity contribution is 0.641. The first-order valence-corrected chi connectivity index (χ1v) is 18.6. The minimum absolute atomic E-state index is 0.363. The van der Waals surface area contributed by atoms with E-state index < -0.39 is 6.04 Å². The zero-order chi connectivity index (χ0) is 37.9. The van der Waals surface area contributed by atoms with Gasteiger partial charge in [-0.1, -0.05) is 131 Å². The predicted octanol–water partition coefficient (Wildman–Crippen LogP) is 11.2. The third-order valence-electron chi connectivity index (χ3n) is 9.75. The van der Waals surface area contributed by atoms with E-state index in [0.29, 0.717) is 5.82 Å². The van der Waals surface area contributed by atoms with Crippen LogP contribution < -0.4 is 5.73 Å². The van der Waals surface area contributed by atoms with Gasteiger partial charge in [0.15, 0.2) is 5.82 Å². The molecule has 270 valence electrons.